The van der Waals surface area contributed by atoms with Crippen LogP contribution < -0.4 is 5.32 Å². The predicted molar refractivity (Wildman–Crippen MR) is 139 cm³/mol. The fourth-order valence-electron chi connectivity index (χ4n) is 4.62. The minimum absolute atomic E-state index is 0.0219. The summed E-state index contributed by atoms with van der Waals surface area (Å²) in [6, 6.07) is 16.5. The van der Waals surface area contributed by atoms with E-state index in [-0.39, 0.29) is 42.3 Å². The molecule has 1 atom stereocenters. The Morgan fingerprint density at radius 3 is 2.38 bits per heavy atom. The van der Waals surface area contributed by atoms with Crippen LogP contribution in [-0.2, 0) is 27.0 Å². The quantitative estimate of drug-likeness (QED) is 0.269. The summed E-state index contributed by atoms with van der Waals surface area (Å²) in [6.45, 7) is 3.30. The predicted octanol–water partition coefficient (Wildman–Crippen LogP) is 6.45. The zero-order valence-corrected chi connectivity index (χ0v) is 21.7. The Morgan fingerprint density at radius 1 is 1.02 bits per heavy atom. The van der Waals surface area contributed by atoms with Gasteiger partial charge in [0.2, 0.25) is 5.91 Å². The molecule has 3 aromatic rings. The highest BCUT2D eigenvalue weighted by Crippen LogP contribution is 2.39. The number of ether oxygens (including phenoxy) is 1. The van der Waals surface area contributed by atoms with E-state index in [1.54, 1.807) is 44.2 Å². The maximum Gasteiger partial charge on any atom is 0.416 e. The average molecular weight is 555 g/mol. The molecule has 40 heavy (non-hydrogen) atoms. The van der Waals surface area contributed by atoms with Crippen LogP contribution in [0.2, 0.25) is 0 Å². The number of halogens is 4. The highest BCUT2D eigenvalue weighted by molar-refractivity contribution is 6.04. The Balaban J connectivity index is 1.63. The Labute approximate surface area is 228 Å². The van der Waals surface area contributed by atoms with Gasteiger partial charge in [0.15, 0.2) is 0 Å². The molecule has 3 aromatic carbocycles. The molecular formula is C30H26F4N2O4. The molecule has 0 aromatic heterocycles. The van der Waals surface area contributed by atoms with Gasteiger partial charge >= 0.3 is 12.1 Å². The molecule has 4 rings (SSSR count). The van der Waals surface area contributed by atoms with Crippen molar-refractivity contribution in [2.45, 2.75) is 38.9 Å². The fourth-order valence-corrected chi connectivity index (χ4v) is 4.62. The molecular weight excluding hydrogens is 528 g/mol. The van der Waals surface area contributed by atoms with Crippen molar-refractivity contribution in [2.75, 3.05) is 11.9 Å². The van der Waals surface area contributed by atoms with Crippen LogP contribution in [0.25, 0.3) is 0 Å². The van der Waals surface area contributed by atoms with Crippen molar-refractivity contribution in [2.24, 2.45) is 0 Å². The van der Waals surface area contributed by atoms with Gasteiger partial charge < -0.3 is 15.0 Å². The van der Waals surface area contributed by atoms with Crippen LogP contribution in [0.5, 0.6) is 0 Å². The number of benzene rings is 3. The number of carbonyl (C=O) groups is 3. The molecule has 1 aliphatic rings. The highest BCUT2D eigenvalue weighted by atomic mass is 19.4. The van der Waals surface area contributed by atoms with Gasteiger partial charge in [0.25, 0.3) is 5.91 Å². The third-order valence-electron chi connectivity index (χ3n) is 6.61. The number of carbonyl (C=O) groups excluding carboxylic acids is 3. The molecule has 1 aliphatic heterocycles. The summed E-state index contributed by atoms with van der Waals surface area (Å²) in [7, 11) is 0. The summed E-state index contributed by atoms with van der Waals surface area (Å²) in [4.78, 5) is 40.4. The van der Waals surface area contributed by atoms with Crippen LogP contribution in [-0.4, -0.2) is 29.3 Å². The van der Waals surface area contributed by atoms with Crippen LogP contribution >= 0.6 is 0 Å². The van der Waals surface area contributed by atoms with Crippen molar-refractivity contribution in [3.05, 3.63) is 112 Å². The van der Waals surface area contributed by atoms with Crippen molar-refractivity contribution in [3.63, 3.8) is 0 Å². The summed E-state index contributed by atoms with van der Waals surface area (Å²) in [5.41, 5.74) is 0.865. The van der Waals surface area contributed by atoms with E-state index < -0.39 is 35.4 Å². The molecule has 0 bridgehead atoms. The summed E-state index contributed by atoms with van der Waals surface area (Å²) in [5.74, 6) is -2.93. The Bertz CT molecular complexity index is 1470. The number of nitrogens with one attached hydrogen (secondary N) is 1. The number of allylic oxidation sites excluding steroid dienone is 1. The monoisotopic (exact) mass is 554 g/mol. The van der Waals surface area contributed by atoms with Gasteiger partial charge in [0, 0.05) is 23.6 Å². The van der Waals surface area contributed by atoms with Crippen molar-refractivity contribution in [3.8, 4) is 0 Å². The van der Waals surface area contributed by atoms with Gasteiger partial charge in [-0.1, -0.05) is 36.4 Å². The molecule has 208 valence electrons. The molecule has 0 radical (unpaired) electrons. The Kier molecular flexibility index (Phi) is 8.37. The minimum Gasteiger partial charge on any atom is -0.463 e. The van der Waals surface area contributed by atoms with Gasteiger partial charge in [-0.2, -0.15) is 13.2 Å². The average Bonchev–Trinajstić information content (AvgIpc) is 2.92. The number of hydrogen-bond acceptors (Lipinski definition) is 4. The van der Waals surface area contributed by atoms with Crippen LogP contribution in [0.4, 0.5) is 23.2 Å². The smallest absolute Gasteiger partial charge is 0.416 e. The van der Waals surface area contributed by atoms with E-state index in [1.165, 1.54) is 35.2 Å². The fraction of sp³-hybridized carbons (Fsp3) is 0.233. The molecule has 0 aliphatic carbocycles. The first kappa shape index (κ1) is 28.5. The lowest BCUT2D eigenvalue weighted by molar-refractivity contribution is -0.140. The van der Waals surface area contributed by atoms with Gasteiger partial charge in [-0.3, -0.25) is 9.59 Å². The van der Waals surface area contributed by atoms with Gasteiger partial charge in [-0.15, -0.1) is 0 Å². The lowest BCUT2D eigenvalue weighted by atomic mass is 9.83. The van der Waals surface area contributed by atoms with E-state index in [2.05, 4.69) is 5.32 Å². The normalized spacial score (nSPS) is 15.7. The second-order valence-corrected chi connectivity index (χ2v) is 9.21. The lowest BCUT2D eigenvalue weighted by Gasteiger charge is -2.34. The first-order valence-corrected chi connectivity index (χ1v) is 12.5. The first-order valence-electron chi connectivity index (χ1n) is 12.5. The zero-order chi connectivity index (χ0) is 29.0. The molecule has 1 heterocycles. The molecule has 10 heteroatoms. The largest absolute Gasteiger partial charge is 0.463 e. The number of amides is 2. The van der Waals surface area contributed by atoms with E-state index in [0.29, 0.717) is 16.8 Å². The highest BCUT2D eigenvalue weighted by Gasteiger charge is 2.37. The Hall–Kier alpha value is -4.47. The van der Waals surface area contributed by atoms with E-state index in [9.17, 15) is 31.9 Å². The van der Waals surface area contributed by atoms with E-state index in [1.807, 2.05) is 0 Å². The second-order valence-electron chi connectivity index (χ2n) is 9.21. The molecule has 2 amide bonds. The molecule has 0 saturated carbocycles. The number of rotatable bonds is 7. The van der Waals surface area contributed by atoms with Crippen molar-refractivity contribution >= 4 is 23.5 Å². The molecule has 0 spiro atoms. The van der Waals surface area contributed by atoms with Gasteiger partial charge in [-0.05, 0) is 61.4 Å². The third-order valence-corrected chi connectivity index (χ3v) is 6.61. The standard InChI is InChI=1S/C30H26F4N2O4/c1-3-40-29(39)27-18(2)36(26(37)16-23(27)20-11-13-22(14-12-20)30(32,33)34)17-19-7-6-8-21(15-19)28(38)35-25-10-5-4-9-24(25)31/h4-15,23H,3,16-17H2,1-2H3,(H,35,38). The first-order chi connectivity index (χ1) is 19.0. The van der Waals surface area contributed by atoms with E-state index in [4.69, 9.17) is 4.74 Å². The summed E-state index contributed by atoms with van der Waals surface area (Å²) < 4.78 is 58.4. The summed E-state index contributed by atoms with van der Waals surface area (Å²) >= 11 is 0. The van der Waals surface area contributed by atoms with E-state index in [0.717, 1.165) is 12.1 Å². The molecule has 1 unspecified atom stereocenters. The summed E-state index contributed by atoms with van der Waals surface area (Å²) in [6.07, 6.45) is -4.68. The minimum atomic E-state index is -4.52. The lowest BCUT2D eigenvalue weighted by Crippen LogP contribution is -2.38. The number of nitrogens with zero attached hydrogens (tertiary/aromatic N) is 1. The maximum absolute atomic E-state index is 14.0. The molecule has 0 fully saturated rings. The van der Waals surface area contributed by atoms with Crippen LogP contribution in [0, 0.1) is 5.82 Å². The topological polar surface area (TPSA) is 75.7 Å². The SMILES string of the molecule is CCOC(=O)C1=C(C)N(Cc2cccc(C(=O)Nc3ccccc3F)c2)C(=O)CC1c1ccc(C(F)(F)F)cc1. The van der Waals surface area contributed by atoms with Crippen LogP contribution in [0.1, 0.15) is 53.2 Å². The molecule has 1 N–H and O–H groups in total. The number of anilines is 1. The van der Waals surface area contributed by atoms with Crippen LogP contribution in [0.3, 0.4) is 0 Å². The van der Waals surface area contributed by atoms with E-state index >= 15 is 0 Å². The van der Waals surface area contributed by atoms with Crippen molar-refractivity contribution < 1.29 is 36.7 Å². The van der Waals surface area contributed by atoms with Gasteiger partial charge in [-0.25, -0.2) is 9.18 Å². The number of hydrogen-bond donors (Lipinski definition) is 1. The molecule has 6 nitrogen and oxygen atoms in total. The third kappa shape index (κ3) is 6.22. The number of alkyl halides is 3. The Morgan fingerprint density at radius 2 is 1.73 bits per heavy atom. The van der Waals surface area contributed by atoms with Crippen molar-refractivity contribution in [1.82, 2.24) is 4.90 Å². The van der Waals surface area contributed by atoms with Crippen LogP contribution in [0.15, 0.2) is 84.1 Å². The van der Waals surface area contributed by atoms with Gasteiger partial charge in [0.05, 0.1) is 30.0 Å². The van der Waals surface area contributed by atoms with Gasteiger partial charge in [0.1, 0.15) is 5.82 Å². The number of esters is 1. The number of para-hydroxylation sites is 1. The molecule has 0 saturated heterocycles. The van der Waals surface area contributed by atoms with Crippen molar-refractivity contribution in [1.29, 1.82) is 0 Å². The zero-order valence-electron chi connectivity index (χ0n) is 21.7. The second kappa shape index (κ2) is 11.7. The summed E-state index contributed by atoms with van der Waals surface area (Å²) in [5, 5.41) is 2.51. The maximum atomic E-state index is 14.0.